The van der Waals surface area contributed by atoms with Gasteiger partial charge in [0.25, 0.3) is 0 Å². The molecule has 0 saturated heterocycles. The van der Waals surface area contributed by atoms with Crippen molar-refractivity contribution in [1.82, 2.24) is 4.90 Å². The second kappa shape index (κ2) is 7.87. The van der Waals surface area contributed by atoms with Gasteiger partial charge >= 0.3 is 0 Å². The highest BCUT2D eigenvalue weighted by atomic mass is 16.5. The van der Waals surface area contributed by atoms with Crippen LogP contribution < -0.4 is 35.7 Å². The summed E-state index contributed by atoms with van der Waals surface area (Å²) in [4.78, 5) is 2.42. The van der Waals surface area contributed by atoms with Gasteiger partial charge in [-0.05, 0) is 53.5 Å². The van der Waals surface area contributed by atoms with Crippen LogP contribution in [0.2, 0.25) is 0 Å². The highest BCUT2D eigenvalue weighted by Gasteiger charge is 2.31. The van der Waals surface area contributed by atoms with Crippen molar-refractivity contribution >= 4 is 17.5 Å². The molecule has 6 heteroatoms. The number of methoxy groups -OCH3 is 3. The van der Waals surface area contributed by atoms with E-state index in [0.29, 0.717) is 13.1 Å². The highest BCUT2D eigenvalue weighted by molar-refractivity contribution is 5.68. The van der Waals surface area contributed by atoms with E-state index in [-0.39, 0.29) is 6.04 Å². The summed E-state index contributed by atoms with van der Waals surface area (Å²) in [5.41, 5.74) is 10.6. The van der Waals surface area contributed by atoms with Crippen molar-refractivity contribution in [2.24, 2.45) is 5.73 Å². The van der Waals surface area contributed by atoms with Gasteiger partial charge < -0.3 is 30.2 Å². The molecule has 0 radical (unpaired) electrons. The van der Waals surface area contributed by atoms with Gasteiger partial charge in [-0.25, -0.2) is 0 Å². The Labute approximate surface area is 171 Å². The van der Waals surface area contributed by atoms with Crippen molar-refractivity contribution in [2.75, 3.05) is 46.3 Å². The molecule has 2 aliphatic heterocycles. The molecule has 0 bridgehead atoms. The third-order valence-electron chi connectivity index (χ3n) is 5.91. The first-order valence-electron chi connectivity index (χ1n) is 9.97. The molecule has 2 aliphatic rings. The fourth-order valence-electron chi connectivity index (χ4n) is 4.53. The zero-order valence-corrected chi connectivity index (χ0v) is 17.5. The number of hydrogen-bond donors (Lipinski definition) is 2. The lowest BCUT2D eigenvalue weighted by atomic mass is 9.85. The number of rotatable bonds is 6. The van der Waals surface area contributed by atoms with Crippen molar-refractivity contribution in [3.8, 4) is 17.2 Å². The minimum absolute atomic E-state index is 0.182. The average Bonchev–Trinajstić information content (AvgIpc) is 2.76. The van der Waals surface area contributed by atoms with Crippen LogP contribution in [0.1, 0.15) is 24.1 Å². The summed E-state index contributed by atoms with van der Waals surface area (Å²) in [6, 6.07) is 8.62. The van der Waals surface area contributed by atoms with E-state index in [1.807, 2.05) is 6.07 Å². The molecular formula is C23H29N3O3. The molecule has 2 aromatic carbocycles. The Morgan fingerprint density at radius 2 is 1.79 bits per heavy atom. The first-order chi connectivity index (χ1) is 14.1. The lowest BCUT2D eigenvalue weighted by Gasteiger charge is -2.40. The van der Waals surface area contributed by atoms with Crippen LogP contribution in [0.15, 0.2) is 24.3 Å². The van der Waals surface area contributed by atoms with Gasteiger partial charge in [-0.3, -0.25) is 0 Å². The second-order valence-electron chi connectivity index (χ2n) is 7.43. The van der Waals surface area contributed by atoms with Crippen molar-refractivity contribution in [3.63, 3.8) is 0 Å². The Kier molecular flexibility index (Phi) is 5.28. The first kappa shape index (κ1) is 19.5. The van der Waals surface area contributed by atoms with E-state index in [2.05, 4.69) is 41.5 Å². The smallest absolute Gasteiger partial charge is 0.161 e. The van der Waals surface area contributed by atoms with Crippen molar-refractivity contribution in [3.05, 3.63) is 45.8 Å². The predicted molar refractivity (Wildman–Crippen MR) is 116 cm³/mol. The van der Waals surface area contributed by atoms with Crippen LogP contribution in [0.25, 0.3) is 11.8 Å². The zero-order chi connectivity index (χ0) is 20.5. The lowest BCUT2D eigenvalue weighted by molar-refractivity contribution is 0.329. The Bertz CT molecular complexity index is 1050. The maximum atomic E-state index is 5.73. The maximum Gasteiger partial charge on any atom is 0.161 e. The number of nitrogens with two attached hydrogens (primary N) is 1. The monoisotopic (exact) mass is 395 g/mol. The number of anilines is 1. The van der Waals surface area contributed by atoms with Gasteiger partial charge in [0.05, 0.1) is 33.1 Å². The molecule has 0 saturated carbocycles. The van der Waals surface area contributed by atoms with E-state index in [9.17, 15) is 0 Å². The normalized spacial score (nSPS) is 16.9. The van der Waals surface area contributed by atoms with E-state index in [4.69, 9.17) is 19.9 Å². The summed E-state index contributed by atoms with van der Waals surface area (Å²) in [6.45, 7) is 4.42. The van der Waals surface area contributed by atoms with Crippen LogP contribution in [0.4, 0.5) is 5.69 Å². The summed E-state index contributed by atoms with van der Waals surface area (Å²) in [5.74, 6) is 2.39. The molecule has 6 nitrogen and oxygen atoms in total. The maximum absolute atomic E-state index is 5.73. The van der Waals surface area contributed by atoms with Crippen LogP contribution in [0.3, 0.4) is 0 Å². The van der Waals surface area contributed by atoms with Crippen LogP contribution >= 0.6 is 0 Å². The summed E-state index contributed by atoms with van der Waals surface area (Å²) in [7, 11) is 5.07. The van der Waals surface area contributed by atoms with Gasteiger partial charge in [0.15, 0.2) is 11.5 Å². The fraction of sp³-hybridized carbons (Fsp3) is 0.391. The molecule has 29 heavy (non-hydrogen) atoms. The first-order valence-corrected chi connectivity index (χ1v) is 9.97. The molecule has 3 N–H and O–H groups in total. The van der Waals surface area contributed by atoms with E-state index >= 15 is 0 Å². The van der Waals surface area contributed by atoms with Crippen LogP contribution in [0.5, 0.6) is 17.2 Å². The SMILES string of the molecule is COc1cc2c(cc1OC)C1C(C)=c3ccc(OC)c(NCCN)c3=CN1CC2. The number of nitrogens with zero attached hydrogens (tertiary/aromatic N) is 1. The lowest BCUT2D eigenvalue weighted by Crippen LogP contribution is -2.44. The quantitative estimate of drug-likeness (QED) is 0.775. The topological polar surface area (TPSA) is 69.0 Å². The molecule has 1 atom stereocenters. The molecule has 0 fully saturated rings. The third kappa shape index (κ3) is 3.17. The molecule has 2 heterocycles. The van der Waals surface area contributed by atoms with E-state index in [1.54, 1.807) is 21.3 Å². The standard InChI is InChI=1S/C23H29N3O3/c1-14-16-5-6-19(27-2)22(25-9-8-24)18(16)13-26-10-7-15-11-20(28-3)21(29-4)12-17(15)23(14)26/h5-6,11-13,23,25H,7-10,24H2,1-4H3. The molecule has 1 unspecified atom stereocenters. The molecule has 0 amide bonds. The zero-order valence-electron chi connectivity index (χ0n) is 17.5. The van der Waals surface area contributed by atoms with Gasteiger partial charge in [0.1, 0.15) is 5.75 Å². The Morgan fingerprint density at radius 3 is 2.48 bits per heavy atom. The second-order valence-corrected chi connectivity index (χ2v) is 7.43. The van der Waals surface area contributed by atoms with Crippen molar-refractivity contribution in [1.29, 1.82) is 0 Å². The van der Waals surface area contributed by atoms with Crippen LogP contribution in [0, 0.1) is 0 Å². The molecule has 154 valence electrons. The summed E-state index contributed by atoms with van der Waals surface area (Å²) in [6.07, 6.45) is 3.22. The van der Waals surface area contributed by atoms with Crippen molar-refractivity contribution in [2.45, 2.75) is 19.4 Å². The van der Waals surface area contributed by atoms with Crippen LogP contribution in [-0.4, -0.2) is 45.9 Å². The van der Waals surface area contributed by atoms with Gasteiger partial charge in [-0.2, -0.15) is 0 Å². The van der Waals surface area contributed by atoms with Gasteiger partial charge in [0.2, 0.25) is 0 Å². The molecule has 4 rings (SSSR count). The number of ether oxygens (including phenoxy) is 3. The van der Waals surface area contributed by atoms with Gasteiger partial charge in [0, 0.05) is 31.1 Å². The fourth-order valence-corrected chi connectivity index (χ4v) is 4.53. The Balaban J connectivity index is 1.91. The Hall–Kier alpha value is -2.86. The van der Waals surface area contributed by atoms with E-state index in [0.717, 1.165) is 41.1 Å². The highest BCUT2D eigenvalue weighted by Crippen LogP contribution is 2.42. The third-order valence-corrected chi connectivity index (χ3v) is 5.91. The molecule has 0 spiro atoms. The largest absolute Gasteiger partial charge is 0.495 e. The number of hydrogen-bond acceptors (Lipinski definition) is 6. The number of nitrogens with one attached hydrogen (secondary N) is 1. The minimum atomic E-state index is 0.182. The van der Waals surface area contributed by atoms with Crippen LogP contribution in [-0.2, 0) is 6.42 Å². The predicted octanol–water partition coefficient (Wildman–Crippen LogP) is 1.60. The molecule has 0 aromatic heterocycles. The summed E-state index contributed by atoms with van der Waals surface area (Å²) >= 11 is 0. The average molecular weight is 396 g/mol. The van der Waals surface area contributed by atoms with E-state index in [1.165, 1.54) is 21.9 Å². The van der Waals surface area contributed by atoms with Crippen molar-refractivity contribution < 1.29 is 14.2 Å². The molecular weight excluding hydrogens is 366 g/mol. The molecule has 2 aromatic rings. The van der Waals surface area contributed by atoms with Gasteiger partial charge in [-0.1, -0.05) is 6.07 Å². The number of fused-ring (bicyclic) bond motifs is 4. The summed E-state index contributed by atoms with van der Waals surface area (Å²) in [5, 5.41) is 5.85. The van der Waals surface area contributed by atoms with E-state index < -0.39 is 0 Å². The summed E-state index contributed by atoms with van der Waals surface area (Å²) < 4.78 is 16.7. The Morgan fingerprint density at radius 1 is 1.07 bits per heavy atom. The van der Waals surface area contributed by atoms with Gasteiger partial charge in [-0.15, -0.1) is 0 Å². The number of benzene rings is 2. The minimum Gasteiger partial charge on any atom is -0.495 e. The molecule has 0 aliphatic carbocycles.